The fraction of sp³-hybridized carbons (Fsp3) is 0.850. The average Bonchev–Trinajstić information content (AvgIpc) is 2.57. The Kier molecular flexibility index (Phi) is 13.6. The van der Waals surface area contributed by atoms with Gasteiger partial charge in [0.2, 0.25) is 0 Å². The summed E-state index contributed by atoms with van der Waals surface area (Å²) in [5.41, 5.74) is -2.64. The number of aliphatic hydroxyl groups is 1. The van der Waals surface area contributed by atoms with Gasteiger partial charge in [-0.05, 0) is 25.7 Å². The van der Waals surface area contributed by atoms with Gasteiger partial charge in [-0.15, -0.1) is 0 Å². The van der Waals surface area contributed by atoms with Crippen molar-refractivity contribution in [2.45, 2.75) is 109 Å². The molecule has 0 aromatic rings. The van der Waals surface area contributed by atoms with E-state index in [2.05, 4.69) is 13.8 Å². The first-order valence-electron chi connectivity index (χ1n) is 10.1. The minimum Gasteiger partial charge on any atom is -0.481 e. The summed E-state index contributed by atoms with van der Waals surface area (Å²) in [6.45, 7) is 4.25. The Labute approximate surface area is 162 Å². The number of unbranched alkanes of at least 4 members (excludes halogenated alkanes) is 7. The van der Waals surface area contributed by atoms with Gasteiger partial charge in [0.05, 0.1) is 12.8 Å². The number of carbonyl (C=O) groups is 3. The number of aliphatic carboxylic acids is 2. The number of ether oxygens (including phenoxy) is 1. The molecule has 0 saturated carbocycles. The molecule has 0 aliphatic rings. The predicted molar refractivity (Wildman–Crippen MR) is 101 cm³/mol. The molecule has 0 heterocycles. The summed E-state index contributed by atoms with van der Waals surface area (Å²) < 4.78 is 5.41. The van der Waals surface area contributed by atoms with Crippen molar-refractivity contribution < 1.29 is 34.4 Å². The number of hydrogen-bond donors (Lipinski definition) is 3. The zero-order valence-corrected chi connectivity index (χ0v) is 16.7. The standard InChI is InChI=1S/C20H36O7/c1-3-5-7-9-11-13-16(12-10-8-6-4-2)27-18(23)15-20(26,19(24)25)14-17(21)22/h16,26H,3-15H2,1-2H3,(H,21,22)(H,24,25). The summed E-state index contributed by atoms with van der Waals surface area (Å²) in [5.74, 6) is -4.09. The monoisotopic (exact) mass is 388 g/mol. The fourth-order valence-corrected chi connectivity index (χ4v) is 2.97. The number of carboxylic acids is 2. The van der Waals surface area contributed by atoms with Crippen molar-refractivity contribution >= 4 is 17.9 Å². The quantitative estimate of drug-likeness (QED) is 0.255. The number of rotatable bonds is 17. The Morgan fingerprint density at radius 3 is 1.74 bits per heavy atom. The predicted octanol–water partition coefficient (Wildman–Crippen LogP) is 3.91. The molecule has 0 fully saturated rings. The molecule has 0 amide bonds. The highest BCUT2D eigenvalue weighted by Gasteiger charge is 2.41. The lowest BCUT2D eigenvalue weighted by Gasteiger charge is -2.23. The van der Waals surface area contributed by atoms with Gasteiger partial charge in [-0.3, -0.25) is 9.59 Å². The van der Waals surface area contributed by atoms with Crippen LogP contribution in [0.1, 0.15) is 97.3 Å². The Morgan fingerprint density at radius 1 is 0.815 bits per heavy atom. The van der Waals surface area contributed by atoms with Gasteiger partial charge >= 0.3 is 17.9 Å². The van der Waals surface area contributed by atoms with Gasteiger partial charge in [0.15, 0.2) is 5.60 Å². The minimum atomic E-state index is -2.64. The molecule has 0 rings (SSSR count). The lowest BCUT2D eigenvalue weighted by molar-refractivity contribution is -0.173. The summed E-state index contributed by atoms with van der Waals surface area (Å²) in [4.78, 5) is 34.1. The third kappa shape index (κ3) is 12.4. The first-order valence-corrected chi connectivity index (χ1v) is 10.1. The molecule has 0 saturated heterocycles. The summed E-state index contributed by atoms with van der Waals surface area (Å²) in [6.07, 6.45) is 8.74. The SMILES string of the molecule is CCCCCCCC(CCCCCC)OC(=O)CC(O)(CC(=O)O)C(=O)O. The molecule has 0 aliphatic carbocycles. The molecule has 0 spiro atoms. The second-order valence-electron chi connectivity index (χ2n) is 7.25. The van der Waals surface area contributed by atoms with E-state index < -0.39 is 36.4 Å². The molecule has 27 heavy (non-hydrogen) atoms. The molecule has 7 heteroatoms. The van der Waals surface area contributed by atoms with Crippen molar-refractivity contribution in [1.29, 1.82) is 0 Å². The largest absolute Gasteiger partial charge is 0.481 e. The number of carbonyl (C=O) groups excluding carboxylic acids is 1. The van der Waals surface area contributed by atoms with Gasteiger partial charge < -0.3 is 20.1 Å². The van der Waals surface area contributed by atoms with Gasteiger partial charge in [0.1, 0.15) is 6.10 Å². The highest BCUT2D eigenvalue weighted by Crippen LogP contribution is 2.21. The van der Waals surface area contributed by atoms with Crippen LogP contribution in [0, 0.1) is 0 Å². The average molecular weight is 389 g/mol. The normalized spacial score (nSPS) is 14.3. The molecule has 2 atom stereocenters. The van der Waals surface area contributed by atoms with Crippen LogP contribution >= 0.6 is 0 Å². The van der Waals surface area contributed by atoms with E-state index in [1.54, 1.807) is 0 Å². The smallest absolute Gasteiger partial charge is 0.336 e. The Morgan fingerprint density at radius 2 is 1.30 bits per heavy atom. The summed E-state index contributed by atoms with van der Waals surface area (Å²) in [5, 5.41) is 27.8. The van der Waals surface area contributed by atoms with Crippen LogP contribution in [0.4, 0.5) is 0 Å². The van der Waals surface area contributed by atoms with Crippen LogP contribution in [0.2, 0.25) is 0 Å². The molecule has 0 aliphatic heterocycles. The van der Waals surface area contributed by atoms with Crippen LogP contribution < -0.4 is 0 Å². The maximum Gasteiger partial charge on any atom is 0.336 e. The lowest BCUT2D eigenvalue weighted by atomic mass is 9.95. The number of esters is 1. The van der Waals surface area contributed by atoms with Crippen LogP contribution in [-0.2, 0) is 19.1 Å². The summed E-state index contributed by atoms with van der Waals surface area (Å²) >= 11 is 0. The zero-order valence-electron chi connectivity index (χ0n) is 16.7. The van der Waals surface area contributed by atoms with Crippen molar-refractivity contribution in [3.63, 3.8) is 0 Å². The van der Waals surface area contributed by atoms with Crippen LogP contribution in [0.25, 0.3) is 0 Å². The van der Waals surface area contributed by atoms with Crippen LogP contribution in [-0.4, -0.2) is 44.9 Å². The van der Waals surface area contributed by atoms with E-state index in [0.717, 1.165) is 51.4 Å². The van der Waals surface area contributed by atoms with Crippen LogP contribution in [0.15, 0.2) is 0 Å². The van der Waals surface area contributed by atoms with Crippen LogP contribution in [0.3, 0.4) is 0 Å². The molecule has 2 unspecified atom stereocenters. The Bertz CT molecular complexity index is 450. The Hall–Kier alpha value is -1.63. The third-order valence-corrected chi connectivity index (χ3v) is 4.59. The molecule has 0 aromatic carbocycles. The van der Waals surface area contributed by atoms with Gasteiger partial charge in [-0.25, -0.2) is 4.79 Å². The molecular weight excluding hydrogens is 352 g/mol. The van der Waals surface area contributed by atoms with Crippen molar-refractivity contribution in [2.75, 3.05) is 0 Å². The van der Waals surface area contributed by atoms with Crippen molar-refractivity contribution in [3.05, 3.63) is 0 Å². The maximum atomic E-state index is 12.1. The number of hydrogen-bond acceptors (Lipinski definition) is 5. The molecule has 0 radical (unpaired) electrons. The number of carboxylic acid groups (broad SMARTS) is 2. The van der Waals surface area contributed by atoms with E-state index in [4.69, 9.17) is 14.9 Å². The topological polar surface area (TPSA) is 121 Å². The Balaban J connectivity index is 4.66. The van der Waals surface area contributed by atoms with Crippen LogP contribution in [0.5, 0.6) is 0 Å². The molecule has 0 aromatic heterocycles. The maximum absolute atomic E-state index is 12.1. The second-order valence-corrected chi connectivity index (χ2v) is 7.25. The highest BCUT2D eigenvalue weighted by atomic mass is 16.5. The highest BCUT2D eigenvalue weighted by molar-refractivity contribution is 5.88. The minimum absolute atomic E-state index is 0.321. The van der Waals surface area contributed by atoms with Crippen molar-refractivity contribution in [1.82, 2.24) is 0 Å². The van der Waals surface area contributed by atoms with E-state index in [-0.39, 0.29) is 6.10 Å². The van der Waals surface area contributed by atoms with E-state index in [9.17, 15) is 19.5 Å². The van der Waals surface area contributed by atoms with Crippen molar-refractivity contribution in [2.24, 2.45) is 0 Å². The van der Waals surface area contributed by atoms with E-state index in [0.29, 0.717) is 12.8 Å². The molecule has 3 N–H and O–H groups in total. The fourth-order valence-electron chi connectivity index (χ4n) is 2.97. The zero-order chi connectivity index (χ0) is 20.7. The summed E-state index contributed by atoms with van der Waals surface area (Å²) in [6, 6.07) is 0. The van der Waals surface area contributed by atoms with Gasteiger partial charge in [0, 0.05) is 0 Å². The van der Waals surface area contributed by atoms with Gasteiger partial charge in [0.25, 0.3) is 0 Å². The first-order chi connectivity index (χ1) is 12.7. The molecule has 158 valence electrons. The van der Waals surface area contributed by atoms with E-state index in [1.165, 1.54) is 6.42 Å². The first kappa shape index (κ1) is 25.4. The second kappa shape index (κ2) is 14.4. The van der Waals surface area contributed by atoms with E-state index in [1.807, 2.05) is 0 Å². The molecule has 7 nitrogen and oxygen atoms in total. The molecular formula is C20H36O7. The third-order valence-electron chi connectivity index (χ3n) is 4.59. The lowest BCUT2D eigenvalue weighted by Crippen LogP contribution is -2.43. The summed E-state index contributed by atoms with van der Waals surface area (Å²) in [7, 11) is 0. The van der Waals surface area contributed by atoms with Crippen molar-refractivity contribution in [3.8, 4) is 0 Å². The van der Waals surface area contributed by atoms with Gasteiger partial charge in [-0.2, -0.15) is 0 Å². The van der Waals surface area contributed by atoms with E-state index >= 15 is 0 Å². The van der Waals surface area contributed by atoms with Gasteiger partial charge in [-0.1, -0.05) is 58.8 Å². The molecule has 0 bridgehead atoms.